The third-order valence-corrected chi connectivity index (χ3v) is 16.2. The van der Waals surface area contributed by atoms with Gasteiger partial charge in [-0.25, -0.2) is 0 Å². The average Bonchev–Trinajstić information content (AvgIpc) is 3.49. The van der Waals surface area contributed by atoms with E-state index in [2.05, 4.69) is 93.7 Å². The Morgan fingerprint density at radius 2 is 0.434 bits per heavy atom. The van der Waals surface area contributed by atoms with Gasteiger partial charge in [-0.1, -0.05) is 318 Å². The molecule has 0 aliphatic rings. The number of ether oxygens (including phenoxy) is 3. The smallest absolute Gasteiger partial charge is 0.306 e. The summed E-state index contributed by atoms with van der Waals surface area (Å²) < 4.78 is 17.0. The number of carbonyl (C=O) groups excluding carboxylic acids is 3. The first kappa shape index (κ1) is 79.8. The average molecular weight is 1160 g/mol. The summed E-state index contributed by atoms with van der Waals surface area (Å²) in [6.45, 7) is 6.63. The lowest BCUT2D eigenvalue weighted by molar-refractivity contribution is -0.167. The van der Waals surface area contributed by atoms with E-state index in [0.29, 0.717) is 19.3 Å². The highest BCUT2D eigenvalue weighted by atomic mass is 16.6. The van der Waals surface area contributed by atoms with Crippen LogP contribution in [0.2, 0.25) is 0 Å². The predicted octanol–water partition coefficient (Wildman–Crippen LogP) is 25.2. The van der Waals surface area contributed by atoms with Crippen LogP contribution in [0.4, 0.5) is 0 Å². The zero-order chi connectivity index (χ0) is 59.9. The molecule has 0 amide bonds. The molecule has 0 N–H and O–H groups in total. The number of esters is 3. The van der Waals surface area contributed by atoms with E-state index >= 15 is 0 Å². The van der Waals surface area contributed by atoms with E-state index in [9.17, 15) is 14.4 Å². The van der Waals surface area contributed by atoms with Crippen molar-refractivity contribution in [1.29, 1.82) is 0 Å². The summed E-state index contributed by atoms with van der Waals surface area (Å²) in [5.74, 6) is -0.876. The number of rotatable bonds is 67. The summed E-state index contributed by atoms with van der Waals surface area (Å²) in [6.07, 6.45) is 93.7. The van der Waals surface area contributed by atoms with Crippen molar-refractivity contribution in [3.05, 3.63) is 72.9 Å². The minimum absolute atomic E-state index is 0.0780. The molecule has 0 aliphatic carbocycles. The van der Waals surface area contributed by atoms with Crippen LogP contribution in [0.3, 0.4) is 0 Å². The van der Waals surface area contributed by atoms with Crippen LogP contribution < -0.4 is 0 Å². The molecule has 83 heavy (non-hydrogen) atoms. The second-order valence-electron chi connectivity index (χ2n) is 24.5. The van der Waals surface area contributed by atoms with Crippen molar-refractivity contribution in [2.24, 2.45) is 0 Å². The molecule has 0 fully saturated rings. The minimum atomic E-state index is -0.783. The monoisotopic (exact) mass is 1160 g/mol. The zero-order valence-corrected chi connectivity index (χ0v) is 55.5. The molecule has 6 heteroatoms. The summed E-state index contributed by atoms with van der Waals surface area (Å²) in [7, 11) is 0. The van der Waals surface area contributed by atoms with Gasteiger partial charge in [-0.05, 0) is 116 Å². The molecule has 0 heterocycles. The van der Waals surface area contributed by atoms with Crippen molar-refractivity contribution in [2.75, 3.05) is 13.2 Å². The highest BCUT2D eigenvalue weighted by Crippen LogP contribution is 2.18. The Hall–Kier alpha value is -3.15. The van der Waals surface area contributed by atoms with Gasteiger partial charge >= 0.3 is 17.9 Å². The molecular weight excluding hydrogens is 1020 g/mol. The van der Waals surface area contributed by atoms with Crippen LogP contribution in [0.1, 0.15) is 380 Å². The summed E-state index contributed by atoms with van der Waals surface area (Å²) in [5.41, 5.74) is 0. The molecule has 0 rings (SSSR count). The molecule has 0 bridgehead atoms. The fraction of sp³-hybridized carbons (Fsp3) is 0.805. The Morgan fingerprint density at radius 1 is 0.241 bits per heavy atom. The van der Waals surface area contributed by atoms with E-state index in [1.54, 1.807) is 0 Å². The van der Waals surface area contributed by atoms with Crippen molar-refractivity contribution >= 4 is 17.9 Å². The Labute approximate surface area is 516 Å². The number of carbonyl (C=O) groups is 3. The van der Waals surface area contributed by atoms with Gasteiger partial charge in [0.25, 0.3) is 0 Å². The summed E-state index contributed by atoms with van der Waals surface area (Å²) >= 11 is 0. The predicted molar refractivity (Wildman–Crippen MR) is 362 cm³/mol. The molecule has 0 saturated heterocycles. The molecule has 1 atom stereocenters. The molecule has 0 aromatic rings. The number of hydrogen-bond acceptors (Lipinski definition) is 6. The molecule has 0 aliphatic heterocycles. The van der Waals surface area contributed by atoms with E-state index < -0.39 is 6.10 Å². The molecule has 0 radical (unpaired) electrons. The number of allylic oxidation sites excluding steroid dienone is 12. The molecule has 0 aromatic heterocycles. The Morgan fingerprint density at radius 3 is 0.711 bits per heavy atom. The lowest BCUT2D eigenvalue weighted by Crippen LogP contribution is -2.30. The first-order valence-electron chi connectivity index (χ1n) is 36.4. The quantitative estimate of drug-likeness (QED) is 0.0261. The van der Waals surface area contributed by atoms with Crippen LogP contribution in [0.25, 0.3) is 0 Å². The minimum Gasteiger partial charge on any atom is -0.462 e. The zero-order valence-electron chi connectivity index (χ0n) is 55.5. The Balaban J connectivity index is 4.19. The second kappa shape index (κ2) is 71.3. The molecule has 0 spiro atoms. The molecule has 0 aromatic carbocycles. The summed E-state index contributed by atoms with van der Waals surface area (Å²) in [6, 6.07) is 0. The topological polar surface area (TPSA) is 78.9 Å². The Kier molecular flexibility index (Phi) is 68.6. The van der Waals surface area contributed by atoms with Crippen LogP contribution in [-0.4, -0.2) is 37.2 Å². The van der Waals surface area contributed by atoms with E-state index in [-0.39, 0.29) is 31.1 Å². The maximum atomic E-state index is 12.9. The highest BCUT2D eigenvalue weighted by molar-refractivity contribution is 5.71. The fourth-order valence-electron chi connectivity index (χ4n) is 10.7. The van der Waals surface area contributed by atoms with Crippen LogP contribution in [0.5, 0.6) is 0 Å². The van der Waals surface area contributed by atoms with E-state index in [1.807, 2.05) is 0 Å². The van der Waals surface area contributed by atoms with Crippen LogP contribution in [0.15, 0.2) is 72.9 Å². The number of unbranched alkanes of at least 4 members (excludes halogenated alkanes) is 44. The van der Waals surface area contributed by atoms with Crippen LogP contribution in [-0.2, 0) is 28.6 Å². The van der Waals surface area contributed by atoms with Gasteiger partial charge in [-0.3, -0.25) is 14.4 Å². The van der Waals surface area contributed by atoms with Crippen LogP contribution >= 0.6 is 0 Å². The third kappa shape index (κ3) is 69.5. The van der Waals surface area contributed by atoms with Gasteiger partial charge in [0.05, 0.1) is 0 Å². The van der Waals surface area contributed by atoms with Gasteiger partial charge in [-0.2, -0.15) is 0 Å². The van der Waals surface area contributed by atoms with Gasteiger partial charge in [0.15, 0.2) is 6.10 Å². The van der Waals surface area contributed by atoms with Crippen molar-refractivity contribution in [3.8, 4) is 0 Å². The lowest BCUT2D eigenvalue weighted by atomic mass is 10.0. The molecule has 482 valence electrons. The van der Waals surface area contributed by atoms with E-state index in [4.69, 9.17) is 14.2 Å². The molecule has 6 nitrogen and oxygen atoms in total. The van der Waals surface area contributed by atoms with Crippen molar-refractivity contribution in [1.82, 2.24) is 0 Å². The van der Waals surface area contributed by atoms with E-state index in [0.717, 1.165) is 89.9 Å². The Bertz CT molecular complexity index is 1520. The van der Waals surface area contributed by atoms with Crippen LogP contribution in [0, 0.1) is 0 Å². The molecule has 0 saturated carbocycles. The first-order valence-corrected chi connectivity index (χ1v) is 36.4. The lowest BCUT2D eigenvalue weighted by Gasteiger charge is -2.18. The maximum absolute atomic E-state index is 12.9. The van der Waals surface area contributed by atoms with Gasteiger partial charge in [-0.15, -0.1) is 0 Å². The fourth-order valence-corrected chi connectivity index (χ4v) is 10.7. The van der Waals surface area contributed by atoms with Gasteiger partial charge < -0.3 is 14.2 Å². The van der Waals surface area contributed by atoms with Crippen molar-refractivity contribution in [3.63, 3.8) is 0 Å². The van der Waals surface area contributed by atoms with Crippen molar-refractivity contribution < 1.29 is 28.6 Å². The highest BCUT2D eigenvalue weighted by Gasteiger charge is 2.19. The third-order valence-electron chi connectivity index (χ3n) is 16.2. The van der Waals surface area contributed by atoms with Gasteiger partial charge in [0, 0.05) is 19.3 Å². The normalized spacial score (nSPS) is 12.5. The van der Waals surface area contributed by atoms with Gasteiger partial charge in [0.1, 0.15) is 13.2 Å². The summed E-state index contributed by atoms with van der Waals surface area (Å²) in [4.78, 5) is 38.4. The summed E-state index contributed by atoms with van der Waals surface area (Å²) in [5, 5.41) is 0. The first-order chi connectivity index (χ1) is 41.0. The maximum Gasteiger partial charge on any atom is 0.306 e. The second-order valence-corrected chi connectivity index (χ2v) is 24.5. The standard InChI is InChI=1S/C77H138O6/c1-4-7-10-13-16-19-22-25-28-30-31-32-33-34-35-36-37-38-39-40-41-42-43-44-45-47-49-52-55-58-61-64-67-70-76(79)82-73-74(72-81-75(78)69-66-63-60-57-54-51-48-27-24-21-18-15-12-9-6-3)83-77(80)71-68-65-62-59-56-53-50-46-29-26-23-20-17-14-11-8-5-2/h18,21-22,25-27,29-31,33-34,48,74H,4-17,19-20,23-24,28,32,35-47,49-73H2,1-3H3/b21-18-,25-22-,29-26-,31-30-,34-33-,48-27-. The molecule has 1 unspecified atom stereocenters. The van der Waals surface area contributed by atoms with Gasteiger partial charge in [0.2, 0.25) is 0 Å². The number of hydrogen-bond donors (Lipinski definition) is 0. The largest absolute Gasteiger partial charge is 0.462 e. The van der Waals surface area contributed by atoms with E-state index in [1.165, 1.54) is 250 Å². The van der Waals surface area contributed by atoms with Crippen molar-refractivity contribution in [2.45, 2.75) is 386 Å². The molecular formula is C77H138O6. The SMILES string of the molecule is CCCCC/C=C\C/C=C\CCCCCCCC(=O)OCC(COC(=O)CCCCCCCCCCCCCCCCCCCC/C=C\C/C=C\C/C=C\CCCCCCC)OC(=O)CCCCCCCCC/C=C\CCCCCCCC.